The van der Waals surface area contributed by atoms with Gasteiger partial charge in [0.25, 0.3) is 5.91 Å². The second kappa shape index (κ2) is 9.27. The number of hydrogen-bond donors (Lipinski definition) is 2. The highest BCUT2D eigenvalue weighted by atomic mass is 16.5. The van der Waals surface area contributed by atoms with E-state index in [1.807, 2.05) is 12.1 Å². The Hall–Kier alpha value is -3.01. The summed E-state index contributed by atoms with van der Waals surface area (Å²) in [4.78, 5) is 22.5. The number of ether oxygens (including phenoxy) is 2. The minimum absolute atomic E-state index is 0.287. The average molecular weight is 386 g/mol. The van der Waals surface area contributed by atoms with E-state index >= 15 is 0 Å². The van der Waals surface area contributed by atoms with Crippen molar-refractivity contribution in [2.45, 2.75) is 0 Å². The maximum atomic E-state index is 11.5. The zero-order valence-corrected chi connectivity index (χ0v) is 15.7. The van der Waals surface area contributed by atoms with Crippen LogP contribution in [0, 0.1) is 0 Å². The van der Waals surface area contributed by atoms with Crippen LogP contribution in [-0.2, 0) is 9.47 Å². The molecule has 0 saturated heterocycles. The predicted molar refractivity (Wildman–Crippen MR) is 102 cm³/mol. The molecule has 9 heteroatoms. The summed E-state index contributed by atoms with van der Waals surface area (Å²) in [6, 6.07) is 8.50. The van der Waals surface area contributed by atoms with Gasteiger partial charge >= 0.3 is 0 Å². The number of benzene rings is 1. The van der Waals surface area contributed by atoms with E-state index in [2.05, 4.69) is 14.9 Å². The number of amides is 1. The number of aromatic nitrogens is 2. The van der Waals surface area contributed by atoms with Crippen LogP contribution in [0.3, 0.4) is 0 Å². The summed E-state index contributed by atoms with van der Waals surface area (Å²) >= 11 is 0. The molecular formula is C19H22N4O5. The number of pyridine rings is 1. The van der Waals surface area contributed by atoms with Crippen LogP contribution in [0.15, 0.2) is 40.9 Å². The zero-order valence-electron chi connectivity index (χ0n) is 15.7. The van der Waals surface area contributed by atoms with Gasteiger partial charge in [0.1, 0.15) is 11.3 Å². The van der Waals surface area contributed by atoms with Gasteiger partial charge in [-0.25, -0.2) is 15.4 Å². The van der Waals surface area contributed by atoms with Crippen LogP contribution in [0.1, 0.15) is 10.4 Å². The van der Waals surface area contributed by atoms with E-state index in [0.717, 1.165) is 5.82 Å². The summed E-state index contributed by atoms with van der Waals surface area (Å²) in [6.45, 7) is 2.57. The molecule has 3 aromatic rings. The lowest BCUT2D eigenvalue weighted by atomic mass is 10.2. The fourth-order valence-corrected chi connectivity index (χ4v) is 2.70. The largest absolute Gasteiger partial charge is 0.436 e. The van der Waals surface area contributed by atoms with Crippen molar-refractivity contribution in [1.82, 2.24) is 15.4 Å². The number of oxazole rings is 1. The van der Waals surface area contributed by atoms with Crippen LogP contribution in [0.25, 0.3) is 22.6 Å². The standard InChI is InChI=1S/C19H22N4O5/c1-26-9-7-23(8-10-27-2)17-6-4-14(12-20-17)19-21-15-11-13(18(24)22-25)3-5-16(15)28-19/h3-6,11-12,25H,7-10H2,1-2H3,(H,22,24). The first-order valence-corrected chi connectivity index (χ1v) is 8.70. The molecule has 0 spiro atoms. The maximum absolute atomic E-state index is 11.5. The predicted octanol–water partition coefficient (Wildman–Crippen LogP) is 2.11. The zero-order chi connectivity index (χ0) is 19.9. The number of anilines is 1. The molecule has 0 atom stereocenters. The molecule has 0 fully saturated rings. The van der Waals surface area contributed by atoms with Crippen molar-refractivity contribution in [1.29, 1.82) is 0 Å². The van der Waals surface area contributed by atoms with Gasteiger partial charge < -0.3 is 18.8 Å². The Balaban J connectivity index is 1.82. The third kappa shape index (κ3) is 4.45. The van der Waals surface area contributed by atoms with Crippen molar-refractivity contribution in [2.75, 3.05) is 45.4 Å². The molecule has 0 unspecified atom stereocenters. The molecule has 28 heavy (non-hydrogen) atoms. The number of carbonyl (C=O) groups excluding carboxylic acids is 1. The Morgan fingerprint density at radius 2 is 1.93 bits per heavy atom. The van der Waals surface area contributed by atoms with E-state index in [0.29, 0.717) is 48.9 Å². The number of fused-ring (bicyclic) bond motifs is 1. The second-order valence-corrected chi connectivity index (χ2v) is 6.02. The number of rotatable bonds is 9. The fourth-order valence-electron chi connectivity index (χ4n) is 2.70. The first kappa shape index (κ1) is 19.7. The number of carbonyl (C=O) groups is 1. The quantitative estimate of drug-likeness (QED) is 0.425. The van der Waals surface area contributed by atoms with Gasteiger partial charge in [0.2, 0.25) is 5.89 Å². The number of nitrogens with zero attached hydrogens (tertiary/aromatic N) is 3. The Bertz CT molecular complexity index is 918. The molecule has 0 aliphatic rings. The summed E-state index contributed by atoms with van der Waals surface area (Å²) < 4.78 is 16.1. The monoisotopic (exact) mass is 386 g/mol. The third-order valence-corrected chi connectivity index (χ3v) is 4.20. The van der Waals surface area contributed by atoms with Crippen LogP contribution >= 0.6 is 0 Å². The topological polar surface area (TPSA) is 110 Å². The molecule has 0 radical (unpaired) electrons. The van der Waals surface area contributed by atoms with E-state index in [1.54, 1.807) is 44.1 Å². The molecule has 148 valence electrons. The average Bonchev–Trinajstić information content (AvgIpc) is 3.17. The van der Waals surface area contributed by atoms with E-state index in [1.165, 1.54) is 0 Å². The number of hydroxylamine groups is 1. The molecule has 2 aromatic heterocycles. The SMILES string of the molecule is COCCN(CCOC)c1ccc(-c2nc3cc(C(=O)NO)ccc3o2)cn1. The number of methoxy groups -OCH3 is 2. The van der Waals surface area contributed by atoms with Gasteiger partial charge in [-0.1, -0.05) is 0 Å². The van der Waals surface area contributed by atoms with Gasteiger partial charge in [-0.15, -0.1) is 0 Å². The van der Waals surface area contributed by atoms with Crippen LogP contribution < -0.4 is 10.4 Å². The van der Waals surface area contributed by atoms with Gasteiger partial charge in [-0.05, 0) is 30.3 Å². The summed E-state index contributed by atoms with van der Waals surface area (Å²) in [6.07, 6.45) is 1.69. The molecular weight excluding hydrogens is 364 g/mol. The Morgan fingerprint density at radius 3 is 2.54 bits per heavy atom. The smallest absolute Gasteiger partial charge is 0.274 e. The van der Waals surface area contributed by atoms with E-state index in [9.17, 15) is 4.79 Å². The van der Waals surface area contributed by atoms with Crippen molar-refractivity contribution in [3.63, 3.8) is 0 Å². The first-order valence-electron chi connectivity index (χ1n) is 8.70. The molecule has 1 aromatic carbocycles. The molecule has 2 heterocycles. The Morgan fingerprint density at radius 1 is 1.18 bits per heavy atom. The van der Waals surface area contributed by atoms with Crippen LogP contribution in [0.4, 0.5) is 5.82 Å². The second-order valence-electron chi connectivity index (χ2n) is 6.02. The summed E-state index contributed by atoms with van der Waals surface area (Å²) in [5, 5.41) is 8.75. The van der Waals surface area contributed by atoms with Gasteiger partial charge in [-0.3, -0.25) is 10.0 Å². The highest BCUT2D eigenvalue weighted by Gasteiger charge is 2.13. The Labute approximate surface area is 161 Å². The lowest BCUT2D eigenvalue weighted by molar-refractivity contribution is 0.0706. The first-order chi connectivity index (χ1) is 13.7. The fraction of sp³-hybridized carbons (Fsp3) is 0.316. The van der Waals surface area contributed by atoms with E-state index < -0.39 is 5.91 Å². The third-order valence-electron chi connectivity index (χ3n) is 4.20. The van der Waals surface area contributed by atoms with Crippen LogP contribution in [0.5, 0.6) is 0 Å². The number of hydrogen-bond acceptors (Lipinski definition) is 8. The number of nitrogens with one attached hydrogen (secondary N) is 1. The summed E-state index contributed by atoms with van der Waals surface area (Å²) in [5.41, 5.74) is 3.66. The van der Waals surface area contributed by atoms with Crippen molar-refractivity contribution in [2.24, 2.45) is 0 Å². The summed E-state index contributed by atoms with van der Waals surface area (Å²) in [7, 11) is 3.32. The molecule has 0 aliphatic carbocycles. The molecule has 3 rings (SSSR count). The highest BCUT2D eigenvalue weighted by molar-refractivity contribution is 5.96. The summed E-state index contributed by atoms with van der Waals surface area (Å²) in [5.74, 6) is 0.594. The molecule has 0 bridgehead atoms. The van der Waals surface area contributed by atoms with Crippen molar-refractivity contribution < 1.29 is 23.9 Å². The minimum atomic E-state index is -0.607. The molecule has 9 nitrogen and oxygen atoms in total. The van der Waals surface area contributed by atoms with Crippen LogP contribution in [0.2, 0.25) is 0 Å². The highest BCUT2D eigenvalue weighted by Crippen LogP contribution is 2.25. The van der Waals surface area contributed by atoms with Gasteiger partial charge in [0, 0.05) is 39.1 Å². The molecule has 0 saturated carbocycles. The van der Waals surface area contributed by atoms with Crippen LogP contribution in [-0.4, -0.2) is 61.6 Å². The van der Waals surface area contributed by atoms with E-state index in [-0.39, 0.29) is 5.56 Å². The van der Waals surface area contributed by atoms with Crippen molar-refractivity contribution in [3.8, 4) is 11.5 Å². The minimum Gasteiger partial charge on any atom is -0.436 e. The van der Waals surface area contributed by atoms with Gasteiger partial charge in [0.05, 0.1) is 18.8 Å². The van der Waals surface area contributed by atoms with E-state index in [4.69, 9.17) is 19.1 Å². The normalized spacial score (nSPS) is 11.0. The van der Waals surface area contributed by atoms with Gasteiger partial charge in [-0.2, -0.15) is 0 Å². The lowest BCUT2D eigenvalue weighted by Crippen LogP contribution is -2.31. The van der Waals surface area contributed by atoms with Crippen molar-refractivity contribution in [3.05, 3.63) is 42.1 Å². The lowest BCUT2D eigenvalue weighted by Gasteiger charge is -2.23. The molecule has 0 aliphatic heterocycles. The maximum Gasteiger partial charge on any atom is 0.274 e. The van der Waals surface area contributed by atoms with Gasteiger partial charge in [0.15, 0.2) is 5.58 Å². The molecule has 2 N–H and O–H groups in total. The Kier molecular flexibility index (Phi) is 6.53. The van der Waals surface area contributed by atoms with Crippen molar-refractivity contribution >= 4 is 22.8 Å². The molecule has 1 amide bonds.